The van der Waals surface area contributed by atoms with Gasteiger partial charge in [0.05, 0.1) is 12.2 Å². The van der Waals surface area contributed by atoms with Crippen LogP contribution in [0.2, 0.25) is 5.02 Å². The summed E-state index contributed by atoms with van der Waals surface area (Å²) in [5.74, 6) is 0.132. The molecule has 0 aliphatic carbocycles. The minimum absolute atomic E-state index is 0.229. The van der Waals surface area contributed by atoms with Gasteiger partial charge in [0.15, 0.2) is 0 Å². The zero-order chi connectivity index (χ0) is 22.5. The molecule has 0 fully saturated rings. The van der Waals surface area contributed by atoms with Gasteiger partial charge in [-0.3, -0.25) is 14.8 Å². The van der Waals surface area contributed by atoms with Crippen LogP contribution in [-0.2, 0) is 13.1 Å². The number of hydrogen-bond acceptors (Lipinski definition) is 3. The number of carbonyl (C=O) groups is 1. The molecule has 0 spiro atoms. The second-order valence-electron chi connectivity index (χ2n) is 7.49. The summed E-state index contributed by atoms with van der Waals surface area (Å²) in [6.07, 6.45) is 0. The molecule has 7 heteroatoms. The van der Waals surface area contributed by atoms with Gasteiger partial charge >= 0.3 is 0 Å². The summed E-state index contributed by atoms with van der Waals surface area (Å²) in [6, 6.07) is 13.0. The average molecular weight is 438 g/mol. The third-order valence-corrected chi connectivity index (χ3v) is 5.67. The lowest BCUT2D eigenvalue weighted by Gasteiger charge is -2.14. The Balaban J connectivity index is 1.91. The van der Waals surface area contributed by atoms with Gasteiger partial charge in [-0.05, 0) is 64.4 Å². The molecule has 31 heavy (non-hydrogen) atoms. The predicted molar refractivity (Wildman–Crippen MR) is 127 cm³/mol. The molecule has 0 saturated carbocycles. The molecular formula is C24H28ClN5O. The molecule has 6 nitrogen and oxygen atoms in total. The van der Waals surface area contributed by atoms with Crippen LogP contribution in [0.25, 0.3) is 0 Å². The van der Waals surface area contributed by atoms with E-state index in [1.165, 1.54) is 0 Å². The van der Waals surface area contributed by atoms with E-state index in [0.717, 1.165) is 40.3 Å². The molecule has 2 aromatic carbocycles. The van der Waals surface area contributed by atoms with Crippen molar-refractivity contribution in [2.45, 2.75) is 47.7 Å². The Morgan fingerprint density at radius 1 is 1.13 bits per heavy atom. The largest absolute Gasteiger partial charge is 0.326 e. The topological polar surface area (TPSA) is 71.3 Å². The summed E-state index contributed by atoms with van der Waals surface area (Å²) >= 11 is 6.27. The molecule has 2 N–H and O–H groups in total. The van der Waals surface area contributed by atoms with Gasteiger partial charge in [0.1, 0.15) is 0 Å². The standard InChI is InChI=1S/C24H28ClN5O/c1-6-30-18(5)20(17(4)29-30)14-26-24(27-22-12-8-11-21(25)16(22)3)28-23(31)19-10-7-9-15(2)13-19/h7-13H,6,14H2,1-5H3,(H2,26,27,28,31). The van der Waals surface area contributed by atoms with E-state index >= 15 is 0 Å². The normalized spacial score (nSPS) is 11.5. The van der Waals surface area contributed by atoms with Crippen molar-refractivity contribution < 1.29 is 4.79 Å². The van der Waals surface area contributed by atoms with Crippen LogP contribution >= 0.6 is 11.6 Å². The van der Waals surface area contributed by atoms with Gasteiger partial charge in [-0.2, -0.15) is 5.10 Å². The van der Waals surface area contributed by atoms with Crippen molar-refractivity contribution in [1.82, 2.24) is 15.1 Å². The van der Waals surface area contributed by atoms with Gasteiger partial charge in [-0.15, -0.1) is 0 Å². The highest BCUT2D eigenvalue weighted by Gasteiger charge is 2.14. The number of carbonyl (C=O) groups excluding carboxylic acids is 1. The van der Waals surface area contributed by atoms with E-state index in [1.807, 2.05) is 68.8 Å². The van der Waals surface area contributed by atoms with Gasteiger partial charge in [0.25, 0.3) is 5.91 Å². The molecule has 0 atom stereocenters. The molecule has 1 aromatic heterocycles. The highest BCUT2D eigenvalue weighted by Crippen LogP contribution is 2.23. The van der Waals surface area contributed by atoms with Crippen molar-refractivity contribution in [3.05, 3.63) is 81.1 Å². The first-order chi connectivity index (χ1) is 14.8. The number of nitrogens with one attached hydrogen (secondary N) is 2. The van der Waals surface area contributed by atoms with E-state index in [9.17, 15) is 4.79 Å². The van der Waals surface area contributed by atoms with E-state index < -0.39 is 0 Å². The summed E-state index contributed by atoms with van der Waals surface area (Å²) in [5.41, 5.74) is 6.32. The van der Waals surface area contributed by atoms with Crippen molar-refractivity contribution in [3.8, 4) is 0 Å². The molecule has 3 rings (SSSR count). The summed E-state index contributed by atoms with van der Waals surface area (Å²) in [6.45, 7) is 11.1. The summed E-state index contributed by atoms with van der Waals surface area (Å²) in [5, 5.41) is 11.4. The fourth-order valence-corrected chi connectivity index (χ4v) is 3.55. The SMILES string of the molecule is CCn1nc(C)c(CN=C(NC(=O)c2cccc(C)c2)Nc2cccc(Cl)c2C)c1C. The Morgan fingerprint density at radius 2 is 1.87 bits per heavy atom. The maximum absolute atomic E-state index is 12.9. The van der Waals surface area contributed by atoms with Crippen LogP contribution in [0.5, 0.6) is 0 Å². The Kier molecular flexibility index (Phi) is 7.13. The number of hydrogen-bond donors (Lipinski definition) is 2. The van der Waals surface area contributed by atoms with Gasteiger partial charge in [0.2, 0.25) is 5.96 Å². The van der Waals surface area contributed by atoms with E-state index in [1.54, 1.807) is 6.07 Å². The van der Waals surface area contributed by atoms with E-state index in [4.69, 9.17) is 16.6 Å². The smallest absolute Gasteiger partial charge is 0.257 e. The van der Waals surface area contributed by atoms with Crippen molar-refractivity contribution in [2.24, 2.45) is 4.99 Å². The van der Waals surface area contributed by atoms with Gasteiger partial charge in [-0.25, -0.2) is 4.99 Å². The van der Waals surface area contributed by atoms with E-state index in [2.05, 4.69) is 22.7 Å². The zero-order valence-corrected chi connectivity index (χ0v) is 19.3. The summed E-state index contributed by atoms with van der Waals surface area (Å²) in [4.78, 5) is 17.6. The first-order valence-corrected chi connectivity index (χ1v) is 10.7. The van der Waals surface area contributed by atoms with Crippen LogP contribution < -0.4 is 10.6 Å². The number of aromatic nitrogens is 2. The van der Waals surface area contributed by atoms with E-state index in [0.29, 0.717) is 23.1 Å². The van der Waals surface area contributed by atoms with Crippen LogP contribution in [0.15, 0.2) is 47.5 Å². The third kappa shape index (κ3) is 5.33. The van der Waals surface area contributed by atoms with Crippen LogP contribution in [0.1, 0.15) is 45.4 Å². The number of benzene rings is 2. The molecule has 0 aliphatic rings. The average Bonchev–Trinajstić information content (AvgIpc) is 3.02. The lowest BCUT2D eigenvalue weighted by Crippen LogP contribution is -2.36. The number of rotatable bonds is 5. The highest BCUT2D eigenvalue weighted by atomic mass is 35.5. The molecule has 0 unspecified atom stereocenters. The monoisotopic (exact) mass is 437 g/mol. The zero-order valence-electron chi connectivity index (χ0n) is 18.6. The molecule has 0 aliphatic heterocycles. The lowest BCUT2D eigenvalue weighted by atomic mass is 10.1. The minimum atomic E-state index is -0.229. The first-order valence-electron chi connectivity index (χ1n) is 10.3. The van der Waals surface area contributed by atoms with Crippen LogP contribution in [-0.4, -0.2) is 21.6 Å². The summed E-state index contributed by atoms with van der Waals surface area (Å²) < 4.78 is 1.96. The Hall–Kier alpha value is -3.12. The number of aryl methyl sites for hydroxylation is 3. The van der Waals surface area contributed by atoms with Crippen molar-refractivity contribution >= 4 is 29.2 Å². The number of aliphatic imine (C=N–C) groups is 1. The van der Waals surface area contributed by atoms with Gasteiger partial charge in [-0.1, -0.05) is 35.4 Å². The fourth-order valence-electron chi connectivity index (χ4n) is 3.38. The number of amides is 1. The van der Waals surface area contributed by atoms with Crippen LogP contribution in [0, 0.1) is 27.7 Å². The van der Waals surface area contributed by atoms with Crippen LogP contribution in [0.4, 0.5) is 5.69 Å². The number of nitrogens with zero attached hydrogens (tertiary/aromatic N) is 3. The highest BCUT2D eigenvalue weighted by molar-refractivity contribution is 6.31. The number of guanidine groups is 1. The maximum atomic E-state index is 12.9. The number of anilines is 1. The third-order valence-electron chi connectivity index (χ3n) is 5.26. The quantitative estimate of drug-likeness (QED) is 0.426. The second-order valence-corrected chi connectivity index (χ2v) is 7.90. The Bertz CT molecular complexity index is 1130. The molecular weight excluding hydrogens is 410 g/mol. The first kappa shape index (κ1) is 22.6. The van der Waals surface area contributed by atoms with E-state index in [-0.39, 0.29) is 5.91 Å². The molecule has 1 heterocycles. The predicted octanol–water partition coefficient (Wildman–Crippen LogP) is 5.19. The van der Waals surface area contributed by atoms with Crippen molar-refractivity contribution in [3.63, 3.8) is 0 Å². The van der Waals surface area contributed by atoms with Gasteiger partial charge < -0.3 is 5.32 Å². The maximum Gasteiger partial charge on any atom is 0.257 e. The molecule has 0 radical (unpaired) electrons. The minimum Gasteiger partial charge on any atom is -0.326 e. The Labute approximate surface area is 188 Å². The van der Waals surface area contributed by atoms with Crippen molar-refractivity contribution in [2.75, 3.05) is 5.32 Å². The van der Waals surface area contributed by atoms with Gasteiger partial charge in [0, 0.05) is 34.1 Å². The molecule has 1 amide bonds. The second kappa shape index (κ2) is 9.79. The lowest BCUT2D eigenvalue weighted by molar-refractivity contribution is 0.0977. The molecule has 3 aromatic rings. The number of halogens is 1. The van der Waals surface area contributed by atoms with Crippen molar-refractivity contribution in [1.29, 1.82) is 0 Å². The molecule has 162 valence electrons. The molecule has 0 saturated heterocycles. The Morgan fingerprint density at radius 3 is 2.55 bits per heavy atom. The molecule has 0 bridgehead atoms. The summed E-state index contributed by atoms with van der Waals surface area (Å²) in [7, 11) is 0. The van der Waals surface area contributed by atoms with Crippen LogP contribution in [0.3, 0.4) is 0 Å². The fraction of sp³-hybridized carbons (Fsp3) is 0.292.